The summed E-state index contributed by atoms with van der Waals surface area (Å²) in [6.45, 7) is 8.85. The molecule has 0 radical (unpaired) electrons. The van der Waals surface area contributed by atoms with Crippen molar-refractivity contribution in [3.05, 3.63) is 59.7 Å². The van der Waals surface area contributed by atoms with Crippen molar-refractivity contribution in [1.82, 2.24) is 4.90 Å². The third-order valence-electron chi connectivity index (χ3n) is 3.95. The fourth-order valence-corrected chi connectivity index (χ4v) is 2.87. The molecule has 1 unspecified atom stereocenters. The fraction of sp³-hybridized carbons (Fsp3) is 0.412. The van der Waals surface area contributed by atoms with Crippen LogP contribution in [0.2, 0.25) is 0 Å². The molecule has 0 saturated heterocycles. The van der Waals surface area contributed by atoms with Gasteiger partial charge < -0.3 is 0 Å². The quantitative estimate of drug-likeness (QED) is 0.376. The molecule has 0 amide bonds. The summed E-state index contributed by atoms with van der Waals surface area (Å²) in [6.07, 6.45) is 8.87. The predicted molar refractivity (Wildman–Crippen MR) is 99.0 cm³/mol. The molecule has 22 heavy (non-hydrogen) atoms. The molecule has 1 aliphatic rings. The van der Waals surface area contributed by atoms with E-state index >= 15 is 0 Å². The monoisotopic (exact) mass is 528 g/mol. The van der Waals surface area contributed by atoms with E-state index in [4.69, 9.17) is 0 Å². The number of likely N-dealkylation sites (N-methyl/N-ethyl adjacent to an activating group) is 1. The van der Waals surface area contributed by atoms with Crippen molar-refractivity contribution in [2.45, 2.75) is 32.7 Å². The maximum Gasteiger partial charge on any atom is 0.0354 e. The maximum absolute atomic E-state index is 3.51. The number of allylic oxidation sites excluding steroid dienone is 2. The van der Waals surface area contributed by atoms with Crippen molar-refractivity contribution >= 4 is 37.2 Å². The Hall–Kier alpha value is 0.400. The van der Waals surface area contributed by atoms with Crippen molar-refractivity contribution in [3.8, 4) is 0 Å². The van der Waals surface area contributed by atoms with E-state index < -0.39 is 0 Å². The molecule has 1 aromatic rings. The number of halogens is 3. The smallest absolute Gasteiger partial charge is 0.0354 e. The van der Waals surface area contributed by atoms with E-state index in [-0.39, 0.29) is 68.6 Å². The van der Waals surface area contributed by atoms with Crippen molar-refractivity contribution in [1.29, 1.82) is 0 Å². The first-order valence-electron chi connectivity index (χ1n) is 6.81. The second-order valence-electron chi connectivity index (χ2n) is 4.81. The van der Waals surface area contributed by atoms with Crippen molar-refractivity contribution in [2.24, 2.45) is 0 Å². The molecule has 1 atom stereocenters. The first kappa shape index (κ1) is 27.3. The van der Waals surface area contributed by atoms with Crippen LogP contribution in [0.25, 0.3) is 0 Å². The molecule has 0 fully saturated rings. The van der Waals surface area contributed by atoms with Gasteiger partial charge in [0.25, 0.3) is 0 Å². The van der Waals surface area contributed by atoms with E-state index in [1.54, 1.807) is 0 Å². The Morgan fingerprint density at radius 3 is 2.00 bits per heavy atom. The summed E-state index contributed by atoms with van der Waals surface area (Å²) in [5, 5.41) is 0. The van der Waals surface area contributed by atoms with E-state index in [1.165, 1.54) is 11.1 Å². The van der Waals surface area contributed by atoms with E-state index in [0.29, 0.717) is 0 Å². The summed E-state index contributed by atoms with van der Waals surface area (Å²) in [7, 11) is 0. The number of hydrogen-bond acceptors (Lipinski definition) is 1. The number of rotatable bonds is 5. The molecule has 1 aliphatic carbocycles. The maximum atomic E-state index is 3.51. The van der Waals surface area contributed by atoms with Crippen molar-refractivity contribution in [2.75, 3.05) is 13.1 Å². The fourth-order valence-electron chi connectivity index (χ4n) is 2.87. The zero-order valence-electron chi connectivity index (χ0n) is 13.3. The molecular weight excluding hydrogens is 503 g/mol. The first-order valence-corrected chi connectivity index (χ1v) is 6.81. The van der Waals surface area contributed by atoms with Gasteiger partial charge in [-0.2, -0.15) is 11.6 Å². The Morgan fingerprint density at radius 1 is 1.05 bits per heavy atom. The molecule has 0 spiro atoms. The van der Waals surface area contributed by atoms with Crippen LogP contribution in [-0.4, -0.2) is 18.0 Å². The molecule has 0 heterocycles. The number of benzene rings is 1. The summed E-state index contributed by atoms with van der Waals surface area (Å²) < 4.78 is 0. The van der Waals surface area contributed by atoms with Crippen LogP contribution >= 0.6 is 37.2 Å². The molecular formula is C17H25Cl3HfN-. The van der Waals surface area contributed by atoms with Gasteiger partial charge in [-0.1, -0.05) is 44.2 Å². The Kier molecular flexibility index (Phi) is 15.8. The van der Waals surface area contributed by atoms with Gasteiger partial charge in [0.15, 0.2) is 0 Å². The molecule has 1 aromatic carbocycles. The normalized spacial score (nSPS) is 14.6. The van der Waals surface area contributed by atoms with Crippen LogP contribution in [-0.2, 0) is 31.4 Å². The molecule has 0 aliphatic heterocycles. The molecule has 124 valence electrons. The molecule has 0 N–H and O–H groups in total. The first-order chi connectivity index (χ1) is 8.73. The zero-order chi connectivity index (χ0) is 13.0. The van der Waals surface area contributed by atoms with Gasteiger partial charge in [-0.05, 0) is 25.6 Å². The molecule has 0 bridgehead atoms. The third kappa shape index (κ3) is 5.49. The minimum absolute atomic E-state index is 0. The van der Waals surface area contributed by atoms with Crippen LogP contribution < -0.4 is 0 Å². The molecule has 0 aromatic heterocycles. The minimum Gasteiger partial charge on any atom is -0.293 e. The van der Waals surface area contributed by atoms with Gasteiger partial charge in [0, 0.05) is 31.4 Å². The second-order valence-corrected chi connectivity index (χ2v) is 4.81. The average molecular weight is 528 g/mol. The summed E-state index contributed by atoms with van der Waals surface area (Å²) in [5.41, 5.74) is 2.60. The van der Waals surface area contributed by atoms with Crippen LogP contribution in [0.5, 0.6) is 0 Å². The van der Waals surface area contributed by atoms with Crippen LogP contribution in [0.1, 0.15) is 32.8 Å². The van der Waals surface area contributed by atoms with Gasteiger partial charge in [0.2, 0.25) is 0 Å². The Morgan fingerprint density at radius 2 is 1.59 bits per heavy atom. The van der Waals surface area contributed by atoms with Gasteiger partial charge in [-0.15, -0.1) is 43.6 Å². The van der Waals surface area contributed by atoms with E-state index in [0.717, 1.165) is 19.5 Å². The van der Waals surface area contributed by atoms with Gasteiger partial charge in [0.05, 0.1) is 0 Å². The Balaban J connectivity index is -0.000000902. The van der Waals surface area contributed by atoms with Crippen LogP contribution in [0.15, 0.2) is 48.1 Å². The van der Waals surface area contributed by atoms with Crippen LogP contribution in [0, 0.1) is 6.08 Å². The topological polar surface area (TPSA) is 3.24 Å². The number of nitrogens with zero attached hydrogens (tertiary/aromatic N) is 1. The van der Waals surface area contributed by atoms with E-state index in [9.17, 15) is 0 Å². The summed E-state index contributed by atoms with van der Waals surface area (Å²) in [5.74, 6) is 0. The summed E-state index contributed by atoms with van der Waals surface area (Å²) in [4.78, 5) is 2.50. The van der Waals surface area contributed by atoms with Gasteiger partial charge in [-0.25, -0.2) is 6.08 Å². The van der Waals surface area contributed by atoms with Gasteiger partial charge in [0.1, 0.15) is 0 Å². The molecule has 5 heteroatoms. The molecule has 0 saturated carbocycles. The van der Waals surface area contributed by atoms with Crippen LogP contribution in [0.3, 0.4) is 0 Å². The second kappa shape index (κ2) is 12.8. The zero-order valence-corrected chi connectivity index (χ0v) is 19.4. The largest absolute Gasteiger partial charge is 0.293 e. The predicted octanol–water partition coefficient (Wildman–Crippen LogP) is 5.20. The van der Waals surface area contributed by atoms with Crippen molar-refractivity contribution < 1.29 is 25.8 Å². The van der Waals surface area contributed by atoms with Crippen molar-refractivity contribution in [3.63, 3.8) is 0 Å². The molecule has 1 nitrogen and oxygen atoms in total. The van der Waals surface area contributed by atoms with Crippen LogP contribution in [0.4, 0.5) is 0 Å². The molecule has 2 rings (SSSR count). The Bertz CT molecular complexity index is 458. The SMILES string of the molecule is CCN(CC)C(C)(C1=[C-]CC=C1)c1ccccc1.Cl.Cl.Cl.[Hf]. The Labute approximate surface area is 172 Å². The van der Waals surface area contributed by atoms with Gasteiger partial charge in [-0.3, -0.25) is 11.0 Å². The minimum atomic E-state index is -0.0578. The number of hydrogen-bond donors (Lipinski definition) is 0. The summed E-state index contributed by atoms with van der Waals surface area (Å²) >= 11 is 0. The van der Waals surface area contributed by atoms with E-state index in [2.05, 4.69) is 74.2 Å². The third-order valence-corrected chi connectivity index (χ3v) is 3.95. The average Bonchev–Trinajstić information content (AvgIpc) is 2.95. The standard InChI is InChI=1S/C17H22N.3ClH.Hf/c1-4-18(5-2)17(3,16-13-9-10-14-16)15-11-7-6-8-12-15;;;;/h6-9,11-13H,4-5,10H2,1-3H3;3*1H;/q-1;;;;. The van der Waals surface area contributed by atoms with Gasteiger partial charge >= 0.3 is 0 Å². The summed E-state index contributed by atoms with van der Waals surface area (Å²) in [6, 6.07) is 10.8. The van der Waals surface area contributed by atoms with E-state index in [1.807, 2.05) is 0 Å².